The van der Waals surface area contributed by atoms with Crippen LogP contribution in [0.2, 0.25) is 0 Å². The van der Waals surface area contributed by atoms with E-state index in [-0.39, 0.29) is 0 Å². The molecule has 0 atom stereocenters. The van der Waals surface area contributed by atoms with Crippen LogP contribution in [0.4, 0.5) is 11.8 Å². The van der Waals surface area contributed by atoms with Crippen LogP contribution in [0, 0.1) is 0 Å². The van der Waals surface area contributed by atoms with Crippen molar-refractivity contribution in [2.75, 3.05) is 23.7 Å². The van der Waals surface area contributed by atoms with Gasteiger partial charge in [-0.05, 0) is 19.3 Å². The Hall–Kier alpha value is -1.19. The first kappa shape index (κ1) is 7.46. The van der Waals surface area contributed by atoms with E-state index in [1.165, 1.54) is 19.3 Å². The zero-order valence-electron chi connectivity index (χ0n) is 7.08. The van der Waals surface area contributed by atoms with Crippen molar-refractivity contribution >= 4 is 11.8 Å². The highest BCUT2D eigenvalue weighted by atomic mass is 15.3. The first-order valence-electron chi connectivity index (χ1n) is 4.42. The van der Waals surface area contributed by atoms with Crippen LogP contribution < -0.4 is 10.6 Å². The van der Waals surface area contributed by atoms with E-state index >= 15 is 0 Å². The Kier molecular flexibility index (Phi) is 1.89. The molecule has 0 bridgehead atoms. The number of H-pyrrole nitrogens is 1. The molecule has 1 saturated heterocycles. The highest BCUT2D eigenvalue weighted by molar-refractivity contribution is 5.39. The molecular weight excluding hydrogens is 152 g/mol. The van der Waals surface area contributed by atoms with Gasteiger partial charge in [-0.25, -0.2) is 4.98 Å². The lowest BCUT2D eigenvalue weighted by Crippen LogP contribution is -2.30. The summed E-state index contributed by atoms with van der Waals surface area (Å²) in [4.78, 5) is 9.47. The van der Waals surface area contributed by atoms with Crippen molar-refractivity contribution in [3.63, 3.8) is 0 Å². The molecule has 0 unspecified atom stereocenters. The number of nitrogens with two attached hydrogens (primary N) is 1. The minimum Gasteiger partial charge on any atom is -0.384 e. The van der Waals surface area contributed by atoms with Crippen molar-refractivity contribution in [2.45, 2.75) is 19.3 Å². The van der Waals surface area contributed by atoms with E-state index in [0.717, 1.165) is 19.0 Å². The molecule has 66 valence electrons. The molecule has 1 aromatic rings. The molecule has 1 aliphatic heterocycles. The van der Waals surface area contributed by atoms with Gasteiger partial charge in [-0.3, -0.25) is 0 Å². The molecule has 0 radical (unpaired) electrons. The quantitative estimate of drug-likeness (QED) is 0.654. The topological polar surface area (TPSA) is 57.9 Å². The molecule has 4 nitrogen and oxygen atoms in total. The molecule has 3 N–H and O–H groups in total. The number of aromatic amines is 1. The van der Waals surface area contributed by atoms with Crippen LogP contribution in [0.3, 0.4) is 0 Å². The number of imidazole rings is 1. The standard InChI is InChI=1S/C8H14N4/c9-7-6-10-8(11-7)12-4-2-1-3-5-12/h6H,1-5,9H2,(H,10,11). The molecule has 1 fully saturated rings. The second kappa shape index (κ2) is 3.05. The average molecular weight is 166 g/mol. The second-order valence-electron chi connectivity index (χ2n) is 3.21. The van der Waals surface area contributed by atoms with Gasteiger partial charge in [0.25, 0.3) is 0 Å². The van der Waals surface area contributed by atoms with Crippen molar-refractivity contribution in [3.05, 3.63) is 6.20 Å². The van der Waals surface area contributed by atoms with Crippen LogP contribution in [-0.2, 0) is 0 Å². The number of anilines is 2. The second-order valence-corrected chi connectivity index (χ2v) is 3.21. The predicted molar refractivity (Wildman–Crippen MR) is 49.1 cm³/mol. The number of hydrogen-bond donors (Lipinski definition) is 2. The van der Waals surface area contributed by atoms with Crippen molar-refractivity contribution in [1.82, 2.24) is 9.97 Å². The number of nitrogens with zero attached hydrogens (tertiary/aromatic N) is 2. The fourth-order valence-corrected chi connectivity index (χ4v) is 1.59. The number of aromatic nitrogens is 2. The molecule has 0 amide bonds. The zero-order chi connectivity index (χ0) is 8.39. The van der Waals surface area contributed by atoms with Crippen LogP contribution in [0.1, 0.15) is 19.3 Å². The van der Waals surface area contributed by atoms with Crippen molar-refractivity contribution in [2.24, 2.45) is 0 Å². The van der Waals surface area contributed by atoms with Gasteiger partial charge in [-0.2, -0.15) is 0 Å². The van der Waals surface area contributed by atoms with E-state index in [2.05, 4.69) is 14.9 Å². The first-order chi connectivity index (χ1) is 5.86. The van der Waals surface area contributed by atoms with E-state index in [1.807, 2.05) is 0 Å². The maximum Gasteiger partial charge on any atom is 0.204 e. The summed E-state index contributed by atoms with van der Waals surface area (Å²) in [6.07, 6.45) is 5.54. The number of rotatable bonds is 1. The van der Waals surface area contributed by atoms with Crippen LogP contribution in [0.25, 0.3) is 0 Å². The molecule has 2 heterocycles. The summed E-state index contributed by atoms with van der Waals surface area (Å²) >= 11 is 0. The molecule has 1 aliphatic rings. The van der Waals surface area contributed by atoms with Gasteiger partial charge in [-0.1, -0.05) is 0 Å². The highest BCUT2D eigenvalue weighted by Crippen LogP contribution is 2.16. The number of nitrogen functional groups attached to an aromatic ring is 1. The van der Waals surface area contributed by atoms with Gasteiger partial charge in [0.15, 0.2) is 0 Å². The summed E-state index contributed by atoms with van der Waals surface area (Å²) in [6, 6.07) is 0. The first-order valence-corrected chi connectivity index (χ1v) is 4.42. The molecule has 4 heteroatoms. The summed E-state index contributed by atoms with van der Waals surface area (Å²) in [5.74, 6) is 1.57. The van der Waals surface area contributed by atoms with Crippen LogP contribution in [-0.4, -0.2) is 23.1 Å². The van der Waals surface area contributed by atoms with E-state index in [9.17, 15) is 0 Å². The van der Waals surface area contributed by atoms with Crippen LogP contribution >= 0.6 is 0 Å². The SMILES string of the molecule is Nc1cnc(N2CCCCC2)[nH]1. The maximum atomic E-state index is 5.54. The van der Waals surface area contributed by atoms with Gasteiger partial charge < -0.3 is 15.6 Å². The van der Waals surface area contributed by atoms with Crippen molar-refractivity contribution < 1.29 is 0 Å². The van der Waals surface area contributed by atoms with E-state index < -0.39 is 0 Å². The van der Waals surface area contributed by atoms with Gasteiger partial charge in [0, 0.05) is 13.1 Å². The molecule has 0 aromatic carbocycles. The third-order valence-corrected chi connectivity index (χ3v) is 2.24. The van der Waals surface area contributed by atoms with Crippen LogP contribution in [0.15, 0.2) is 6.20 Å². The lowest BCUT2D eigenvalue weighted by molar-refractivity contribution is 0.570. The Bertz CT molecular complexity index is 249. The highest BCUT2D eigenvalue weighted by Gasteiger charge is 2.12. The van der Waals surface area contributed by atoms with Gasteiger partial charge in [0.05, 0.1) is 6.20 Å². The average Bonchev–Trinajstić information content (AvgIpc) is 2.54. The zero-order valence-corrected chi connectivity index (χ0v) is 7.08. The van der Waals surface area contributed by atoms with Crippen molar-refractivity contribution in [1.29, 1.82) is 0 Å². The molecular formula is C8H14N4. The summed E-state index contributed by atoms with van der Waals surface area (Å²) < 4.78 is 0. The Morgan fingerprint density at radius 3 is 2.67 bits per heavy atom. The maximum absolute atomic E-state index is 5.54. The van der Waals surface area contributed by atoms with Gasteiger partial charge >= 0.3 is 0 Å². The Labute approximate surface area is 71.8 Å². The third-order valence-electron chi connectivity index (χ3n) is 2.24. The molecule has 0 spiro atoms. The number of nitrogens with one attached hydrogen (secondary N) is 1. The smallest absolute Gasteiger partial charge is 0.204 e. The Morgan fingerprint density at radius 2 is 2.08 bits per heavy atom. The Morgan fingerprint density at radius 1 is 1.33 bits per heavy atom. The van der Waals surface area contributed by atoms with E-state index in [1.54, 1.807) is 6.20 Å². The largest absolute Gasteiger partial charge is 0.384 e. The van der Waals surface area contributed by atoms with Gasteiger partial charge in [0.1, 0.15) is 5.82 Å². The Balaban J connectivity index is 2.08. The minimum absolute atomic E-state index is 0.649. The van der Waals surface area contributed by atoms with Crippen LogP contribution in [0.5, 0.6) is 0 Å². The lowest BCUT2D eigenvalue weighted by Gasteiger charge is -2.25. The number of piperidine rings is 1. The van der Waals surface area contributed by atoms with Gasteiger partial charge in [0.2, 0.25) is 5.95 Å². The minimum atomic E-state index is 0.649. The fraction of sp³-hybridized carbons (Fsp3) is 0.625. The molecule has 0 saturated carbocycles. The molecule has 12 heavy (non-hydrogen) atoms. The summed E-state index contributed by atoms with van der Waals surface area (Å²) in [6.45, 7) is 2.21. The normalized spacial score (nSPS) is 18.2. The van der Waals surface area contributed by atoms with Crippen molar-refractivity contribution in [3.8, 4) is 0 Å². The van der Waals surface area contributed by atoms with E-state index in [0.29, 0.717) is 5.82 Å². The number of hydrogen-bond acceptors (Lipinski definition) is 3. The summed E-state index contributed by atoms with van der Waals surface area (Å²) in [5, 5.41) is 0. The molecule has 0 aliphatic carbocycles. The fourth-order valence-electron chi connectivity index (χ4n) is 1.59. The predicted octanol–water partition coefficient (Wildman–Crippen LogP) is 0.982. The summed E-state index contributed by atoms with van der Waals surface area (Å²) in [7, 11) is 0. The monoisotopic (exact) mass is 166 g/mol. The lowest BCUT2D eigenvalue weighted by atomic mass is 10.1. The third kappa shape index (κ3) is 1.37. The molecule has 1 aromatic heterocycles. The van der Waals surface area contributed by atoms with E-state index in [4.69, 9.17) is 5.73 Å². The summed E-state index contributed by atoms with van der Waals surface area (Å²) in [5.41, 5.74) is 5.54. The molecule has 2 rings (SSSR count). The van der Waals surface area contributed by atoms with Gasteiger partial charge in [-0.15, -0.1) is 0 Å².